The molecule has 0 spiro atoms. The number of carbonyl (C=O) groups is 1. The molecule has 1 amide bonds. The Kier molecular flexibility index (Phi) is 3.21. The van der Waals surface area contributed by atoms with Gasteiger partial charge in [0.05, 0.1) is 11.8 Å². The highest BCUT2D eigenvalue weighted by Gasteiger charge is 2.28. The molecule has 0 bridgehead atoms. The largest absolute Gasteiger partial charge is 0.508 e. The second kappa shape index (κ2) is 5.17. The van der Waals surface area contributed by atoms with Gasteiger partial charge in [0.15, 0.2) is 0 Å². The van der Waals surface area contributed by atoms with Crippen LogP contribution in [0.5, 0.6) is 5.75 Å². The maximum atomic E-state index is 11.2. The van der Waals surface area contributed by atoms with Crippen LogP contribution >= 0.6 is 0 Å². The van der Waals surface area contributed by atoms with E-state index in [1.165, 1.54) is 5.01 Å². The van der Waals surface area contributed by atoms with E-state index in [2.05, 4.69) is 5.10 Å². The second-order valence-electron chi connectivity index (χ2n) is 4.71. The van der Waals surface area contributed by atoms with Gasteiger partial charge in [-0.15, -0.1) is 0 Å². The third-order valence-electron chi connectivity index (χ3n) is 3.44. The van der Waals surface area contributed by atoms with E-state index in [9.17, 15) is 9.90 Å². The zero-order valence-electron chi connectivity index (χ0n) is 10.8. The second-order valence-corrected chi connectivity index (χ2v) is 4.71. The van der Waals surface area contributed by atoms with E-state index < -0.39 is 0 Å². The van der Waals surface area contributed by atoms with Crippen molar-refractivity contribution in [3.63, 3.8) is 0 Å². The average molecular weight is 266 g/mol. The standard InChI is InChI=1S/C16H14N2O2/c19-11-18-16(13-4-2-1-3-5-13)10-15(17-18)12-6-8-14(20)9-7-12/h1-9,11,16,20H,10H2. The third-order valence-corrected chi connectivity index (χ3v) is 3.44. The van der Waals surface area contributed by atoms with Crippen molar-refractivity contribution in [3.8, 4) is 5.75 Å². The Morgan fingerprint density at radius 1 is 1.10 bits per heavy atom. The predicted molar refractivity (Wildman–Crippen MR) is 76.3 cm³/mol. The molecule has 0 saturated carbocycles. The molecule has 0 aliphatic carbocycles. The van der Waals surface area contributed by atoms with Gasteiger partial charge in [0.2, 0.25) is 6.41 Å². The molecular formula is C16H14N2O2. The van der Waals surface area contributed by atoms with E-state index in [0.717, 1.165) is 23.2 Å². The average Bonchev–Trinajstić information content (AvgIpc) is 2.93. The first-order valence-electron chi connectivity index (χ1n) is 6.43. The first-order chi connectivity index (χ1) is 9.78. The van der Waals surface area contributed by atoms with Crippen LogP contribution in [0.2, 0.25) is 0 Å². The van der Waals surface area contributed by atoms with Crippen LogP contribution in [-0.4, -0.2) is 22.2 Å². The first-order valence-corrected chi connectivity index (χ1v) is 6.43. The highest BCUT2D eigenvalue weighted by molar-refractivity contribution is 6.02. The quantitative estimate of drug-likeness (QED) is 0.868. The number of aromatic hydroxyl groups is 1. The molecule has 100 valence electrons. The lowest BCUT2D eigenvalue weighted by atomic mass is 9.99. The summed E-state index contributed by atoms with van der Waals surface area (Å²) in [6.07, 6.45) is 1.43. The van der Waals surface area contributed by atoms with Crippen molar-refractivity contribution < 1.29 is 9.90 Å². The molecule has 20 heavy (non-hydrogen) atoms. The van der Waals surface area contributed by atoms with Crippen LogP contribution < -0.4 is 0 Å². The fourth-order valence-corrected chi connectivity index (χ4v) is 2.40. The smallest absolute Gasteiger partial charge is 0.230 e. The number of rotatable bonds is 3. The molecule has 0 radical (unpaired) electrons. The van der Waals surface area contributed by atoms with Crippen molar-refractivity contribution in [3.05, 3.63) is 65.7 Å². The molecule has 0 fully saturated rings. The maximum absolute atomic E-state index is 11.2. The summed E-state index contributed by atoms with van der Waals surface area (Å²) in [5.74, 6) is 0.221. The van der Waals surface area contributed by atoms with Crippen LogP contribution in [0.15, 0.2) is 59.7 Å². The number of benzene rings is 2. The van der Waals surface area contributed by atoms with Crippen molar-refractivity contribution >= 4 is 12.1 Å². The van der Waals surface area contributed by atoms with Crippen LogP contribution in [0.4, 0.5) is 0 Å². The van der Waals surface area contributed by atoms with Crippen molar-refractivity contribution in [1.82, 2.24) is 5.01 Å². The number of phenolic OH excluding ortho intramolecular Hbond substituents is 1. The maximum Gasteiger partial charge on any atom is 0.230 e. The zero-order valence-corrected chi connectivity index (χ0v) is 10.8. The van der Waals surface area contributed by atoms with E-state index in [0.29, 0.717) is 6.42 Å². The van der Waals surface area contributed by atoms with Crippen LogP contribution in [-0.2, 0) is 4.79 Å². The van der Waals surface area contributed by atoms with Gasteiger partial charge in [-0.05, 0) is 35.4 Å². The van der Waals surface area contributed by atoms with Gasteiger partial charge in [-0.1, -0.05) is 30.3 Å². The SMILES string of the molecule is O=CN1N=C(c2ccc(O)cc2)CC1c1ccccc1. The molecule has 1 atom stereocenters. The van der Waals surface area contributed by atoms with Crippen LogP contribution in [0, 0.1) is 0 Å². The molecule has 2 aromatic carbocycles. The Hall–Kier alpha value is -2.62. The van der Waals surface area contributed by atoms with E-state index in [1.807, 2.05) is 42.5 Å². The van der Waals surface area contributed by atoms with Gasteiger partial charge >= 0.3 is 0 Å². The minimum absolute atomic E-state index is 0.0579. The van der Waals surface area contributed by atoms with Gasteiger partial charge in [-0.25, -0.2) is 5.01 Å². The van der Waals surface area contributed by atoms with Gasteiger partial charge in [0, 0.05) is 6.42 Å². The molecule has 2 aromatic rings. The molecule has 4 nitrogen and oxygen atoms in total. The normalized spacial score (nSPS) is 17.9. The Balaban J connectivity index is 1.89. The monoisotopic (exact) mass is 266 g/mol. The first kappa shape index (κ1) is 12.4. The fraction of sp³-hybridized carbons (Fsp3) is 0.125. The molecule has 1 aliphatic heterocycles. The predicted octanol–water partition coefficient (Wildman–Crippen LogP) is 2.70. The number of hydrogen-bond acceptors (Lipinski definition) is 3. The zero-order chi connectivity index (χ0) is 13.9. The molecule has 0 saturated heterocycles. The Morgan fingerprint density at radius 2 is 1.80 bits per heavy atom. The molecule has 1 unspecified atom stereocenters. The molecule has 1 aliphatic rings. The van der Waals surface area contributed by atoms with Crippen LogP contribution in [0.1, 0.15) is 23.6 Å². The minimum Gasteiger partial charge on any atom is -0.508 e. The van der Waals surface area contributed by atoms with Gasteiger partial charge < -0.3 is 5.11 Å². The lowest BCUT2D eigenvalue weighted by Gasteiger charge is -2.16. The van der Waals surface area contributed by atoms with E-state index in [4.69, 9.17) is 0 Å². The molecular weight excluding hydrogens is 252 g/mol. The lowest BCUT2D eigenvalue weighted by molar-refractivity contribution is -0.119. The number of carbonyl (C=O) groups excluding carboxylic acids is 1. The topological polar surface area (TPSA) is 52.9 Å². The molecule has 1 heterocycles. The molecule has 3 rings (SSSR count). The van der Waals surface area contributed by atoms with Gasteiger partial charge in [-0.2, -0.15) is 5.10 Å². The van der Waals surface area contributed by atoms with E-state index in [-0.39, 0.29) is 11.8 Å². The summed E-state index contributed by atoms with van der Waals surface area (Å²) in [5, 5.41) is 15.1. The summed E-state index contributed by atoms with van der Waals surface area (Å²) >= 11 is 0. The molecule has 1 N–H and O–H groups in total. The number of amides is 1. The summed E-state index contributed by atoms with van der Waals surface area (Å²) < 4.78 is 0. The van der Waals surface area contributed by atoms with Gasteiger partial charge in [0.25, 0.3) is 0 Å². The third kappa shape index (κ3) is 2.28. The van der Waals surface area contributed by atoms with E-state index in [1.54, 1.807) is 12.1 Å². The summed E-state index contributed by atoms with van der Waals surface area (Å²) in [6.45, 7) is 0. The van der Waals surface area contributed by atoms with Crippen molar-refractivity contribution in [2.24, 2.45) is 5.10 Å². The number of hydrogen-bond donors (Lipinski definition) is 1. The van der Waals surface area contributed by atoms with Gasteiger partial charge in [0.1, 0.15) is 5.75 Å². The van der Waals surface area contributed by atoms with E-state index >= 15 is 0 Å². The highest BCUT2D eigenvalue weighted by Crippen LogP contribution is 2.31. The summed E-state index contributed by atoms with van der Waals surface area (Å²) in [7, 11) is 0. The fourth-order valence-electron chi connectivity index (χ4n) is 2.40. The van der Waals surface area contributed by atoms with Crippen molar-refractivity contribution in [1.29, 1.82) is 0 Å². The highest BCUT2D eigenvalue weighted by atomic mass is 16.3. The minimum atomic E-state index is -0.0579. The Bertz CT molecular complexity index is 635. The number of hydrazone groups is 1. The number of phenols is 1. The summed E-state index contributed by atoms with van der Waals surface area (Å²) in [6, 6.07) is 16.7. The Morgan fingerprint density at radius 3 is 2.45 bits per heavy atom. The summed E-state index contributed by atoms with van der Waals surface area (Å²) in [4.78, 5) is 11.2. The van der Waals surface area contributed by atoms with Crippen molar-refractivity contribution in [2.75, 3.05) is 0 Å². The van der Waals surface area contributed by atoms with Crippen LogP contribution in [0.25, 0.3) is 0 Å². The lowest BCUT2D eigenvalue weighted by Crippen LogP contribution is -2.17. The summed E-state index contributed by atoms with van der Waals surface area (Å²) in [5.41, 5.74) is 2.84. The van der Waals surface area contributed by atoms with Crippen molar-refractivity contribution in [2.45, 2.75) is 12.5 Å². The molecule has 4 heteroatoms. The Labute approximate surface area is 117 Å². The molecule has 0 aromatic heterocycles. The van der Waals surface area contributed by atoms with Gasteiger partial charge in [-0.3, -0.25) is 4.79 Å². The number of nitrogens with zero attached hydrogens (tertiary/aromatic N) is 2. The van der Waals surface area contributed by atoms with Crippen LogP contribution in [0.3, 0.4) is 0 Å².